The molecule has 4 heteroatoms. The standard InChI is InChI=1S/C6H4Cl2NO/c1-10-6-4(7)2-3-5(8)9-6/h2H,1H3. The highest BCUT2D eigenvalue weighted by Crippen LogP contribution is 2.22. The van der Waals surface area contributed by atoms with Crippen LogP contribution in [-0.4, -0.2) is 12.1 Å². The van der Waals surface area contributed by atoms with E-state index in [1.165, 1.54) is 13.2 Å². The van der Waals surface area contributed by atoms with Crippen LogP contribution in [0.4, 0.5) is 0 Å². The second kappa shape index (κ2) is 3.08. The Balaban J connectivity index is 3.09. The number of aromatic nitrogens is 1. The second-order valence-electron chi connectivity index (χ2n) is 1.55. The first-order valence-electron chi connectivity index (χ1n) is 2.51. The maximum atomic E-state index is 5.62. The Kier molecular flexibility index (Phi) is 2.35. The van der Waals surface area contributed by atoms with E-state index in [1.54, 1.807) is 0 Å². The van der Waals surface area contributed by atoms with Crippen LogP contribution < -0.4 is 4.74 Å². The van der Waals surface area contributed by atoms with Crippen molar-refractivity contribution in [3.63, 3.8) is 0 Å². The molecule has 0 aromatic carbocycles. The van der Waals surface area contributed by atoms with Crippen LogP contribution >= 0.6 is 23.2 Å². The number of rotatable bonds is 1. The molecule has 1 radical (unpaired) electrons. The van der Waals surface area contributed by atoms with Crippen molar-refractivity contribution in [3.05, 3.63) is 22.3 Å². The zero-order chi connectivity index (χ0) is 7.56. The molecule has 0 spiro atoms. The number of methoxy groups -OCH3 is 1. The summed E-state index contributed by atoms with van der Waals surface area (Å²) < 4.78 is 4.78. The van der Waals surface area contributed by atoms with Crippen LogP contribution in [0.1, 0.15) is 0 Å². The molecular formula is C6H4Cl2NO. The number of nitrogens with zero attached hydrogens (tertiary/aromatic N) is 1. The first kappa shape index (κ1) is 7.63. The number of ether oxygens (including phenoxy) is 1. The van der Waals surface area contributed by atoms with E-state index in [0.717, 1.165) is 0 Å². The van der Waals surface area contributed by atoms with Gasteiger partial charge in [-0.3, -0.25) is 0 Å². The molecule has 1 aromatic rings. The number of hydrogen-bond acceptors (Lipinski definition) is 2. The van der Waals surface area contributed by atoms with Gasteiger partial charge in [-0.1, -0.05) is 23.2 Å². The molecule has 0 saturated carbocycles. The summed E-state index contributed by atoms with van der Waals surface area (Å²) in [6.45, 7) is 0. The summed E-state index contributed by atoms with van der Waals surface area (Å²) in [7, 11) is 1.48. The highest BCUT2D eigenvalue weighted by Gasteiger charge is 2.00. The predicted octanol–water partition coefficient (Wildman–Crippen LogP) is 2.20. The molecule has 0 fully saturated rings. The van der Waals surface area contributed by atoms with Crippen molar-refractivity contribution in [1.82, 2.24) is 4.98 Å². The fourth-order valence-corrected chi connectivity index (χ4v) is 0.808. The molecule has 0 N–H and O–H groups in total. The van der Waals surface area contributed by atoms with E-state index >= 15 is 0 Å². The molecule has 2 nitrogen and oxygen atoms in total. The summed E-state index contributed by atoms with van der Waals surface area (Å²) >= 11 is 11.1. The second-order valence-corrected chi connectivity index (χ2v) is 2.31. The smallest absolute Gasteiger partial charge is 0.233 e. The van der Waals surface area contributed by atoms with Gasteiger partial charge in [0.05, 0.1) is 7.11 Å². The van der Waals surface area contributed by atoms with E-state index < -0.39 is 0 Å². The van der Waals surface area contributed by atoms with Gasteiger partial charge >= 0.3 is 0 Å². The van der Waals surface area contributed by atoms with E-state index in [9.17, 15) is 0 Å². The van der Waals surface area contributed by atoms with Gasteiger partial charge in [-0.25, -0.2) is 0 Å². The molecule has 0 saturated heterocycles. The topological polar surface area (TPSA) is 22.1 Å². The lowest BCUT2D eigenvalue weighted by Gasteiger charge is -1.99. The van der Waals surface area contributed by atoms with Crippen molar-refractivity contribution in [2.24, 2.45) is 0 Å². The Hall–Kier alpha value is -0.470. The van der Waals surface area contributed by atoms with Crippen LogP contribution in [0.15, 0.2) is 6.07 Å². The summed E-state index contributed by atoms with van der Waals surface area (Å²) in [4.78, 5) is 3.75. The van der Waals surface area contributed by atoms with Crippen LogP contribution in [0.2, 0.25) is 10.2 Å². The van der Waals surface area contributed by atoms with Crippen molar-refractivity contribution >= 4 is 23.2 Å². The highest BCUT2D eigenvalue weighted by molar-refractivity contribution is 6.33. The zero-order valence-corrected chi connectivity index (χ0v) is 6.70. The third-order valence-corrected chi connectivity index (χ3v) is 1.38. The van der Waals surface area contributed by atoms with Gasteiger partial charge < -0.3 is 4.74 Å². The lowest BCUT2D eigenvalue weighted by Crippen LogP contribution is -1.87. The molecule has 53 valence electrons. The Labute approximate surface area is 68.7 Å². The van der Waals surface area contributed by atoms with Crippen LogP contribution in [0, 0.1) is 6.07 Å². The predicted molar refractivity (Wildman–Crippen MR) is 39.6 cm³/mol. The van der Waals surface area contributed by atoms with E-state index in [2.05, 4.69) is 11.1 Å². The molecule has 0 bridgehead atoms. The average Bonchev–Trinajstić information content (AvgIpc) is 1.94. The average molecular weight is 177 g/mol. The van der Waals surface area contributed by atoms with Crippen LogP contribution in [0.25, 0.3) is 0 Å². The van der Waals surface area contributed by atoms with E-state index in [1.807, 2.05) is 0 Å². The van der Waals surface area contributed by atoms with Gasteiger partial charge in [-0.2, -0.15) is 4.98 Å². The number of pyridine rings is 1. The van der Waals surface area contributed by atoms with Gasteiger partial charge in [0, 0.05) is 6.07 Å². The Morgan fingerprint density at radius 1 is 1.60 bits per heavy atom. The Morgan fingerprint density at radius 3 is 2.80 bits per heavy atom. The van der Waals surface area contributed by atoms with E-state index in [4.69, 9.17) is 27.9 Å². The van der Waals surface area contributed by atoms with Gasteiger partial charge in [0.2, 0.25) is 5.88 Å². The van der Waals surface area contributed by atoms with E-state index in [-0.39, 0.29) is 5.15 Å². The van der Waals surface area contributed by atoms with Gasteiger partial charge in [0.25, 0.3) is 0 Å². The van der Waals surface area contributed by atoms with Gasteiger partial charge in [-0.05, 0) is 6.07 Å². The molecule has 0 amide bonds. The molecule has 0 aliphatic rings. The third-order valence-electron chi connectivity index (χ3n) is 0.915. The van der Waals surface area contributed by atoms with Crippen molar-refractivity contribution in [2.45, 2.75) is 0 Å². The van der Waals surface area contributed by atoms with E-state index in [0.29, 0.717) is 10.9 Å². The lowest BCUT2D eigenvalue weighted by molar-refractivity contribution is 0.398. The third kappa shape index (κ3) is 1.52. The summed E-state index contributed by atoms with van der Waals surface area (Å²) in [5.41, 5.74) is 0. The molecule has 1 heterocycles. The molecule has 0 atom stereocenters. The minimum absolute atomic E-state index is 0.251. The van der Waals surface area contributed by atoms with Gasteiger partial charge in [0.15, 0.2) is 0 Å². The SMILES string of the molecule is COc1nc(Cl)[c]cc1Cl. The molecule has 0 unspecified atom stereocenters. The summed E-state index contributed by atoms with van der Waals surface area (Å²) in [5.74, 6) is 0.324. The minimum Gasteiger partial charge on any atom is -0.480 e. The molecule has 0 aliphatic carbocycles. The highest BCUT2D eigenvalue weighted by atomic mass is 35.5. The molecule has 10 heavy (non-hydrogen) atoms. The number of halogens is 2. The van der Waals surface area contributed by atoms with Crippen LogP contribution in [0.5, 0.6) is 5.88 Å². The molecular weight excluding hydrogens is 173 g/mol. The summed E-state index contributed by atoms with van der Waals surface area (Å²) in [5, 5.41) is 0.660. The van der Waals surface area contributed by atoms with Crippen LogP contribution in [0.3, 0.4) is 0 Å². The maximum absolute atomic E-state index is 5.62. The van der Waals surface area contributed by atoms with Crippen LogP contribution in [-0.2, 0) is 0 Å². The Morgan fingerprint density at radius 2 is 2.30 bits per heavy atom. The largest absolute Gasteiger partial charge is 0.480 e. The van der Waals surface area contributed by atoms with Crippen molar-refractivity contribution < 1.29 is 4.74 Å². The first-order chi connectivity index (χ1) is 4.74. The monoisotopic (exact) mass is 176 g/mol. The van der Waals surface area contributed by atoms with Crippen molar-refractivity contribution in [3.8, 4) is 5.88 Å². The maximum Gasteiger partial charge on any atom is 0.233 e. The summed E-state index contributed by atoms with van der Waals surface area (Å²) in [6.07, 6.45) is 0. The molecule has 1 rings (SSSR count). The first-order valence-corrected chi connectivity index (χ1v) is 3.27. The minimum atomic E-state index is 0.251. The van der Waals surface area contributed by atoms with Crippen molar-refractivity contribution in [1.29, 1.82) is 0 Å². The molecule has 1 aromatic heterocycles. The lowest BCUT2D eigenvalue weighted by atomic mass is 10.5. The number of hydrogen-bond donors (Lipinski definition) is 0. The quantitative estimate of drug-likeness (QED) is 0.613. The van der Waals surface area contributed by atoms with Gasteiger partial charge in [0.1, 0.15) is 10.2 Å². The summed E-state index contributed by atoms with van der Waals surface area (Å²) in [6, 6.07) is 4.13. The van der Waals surface area contributed by atoms with Crippen molar-refractivity contribution in [2.75, 3.05) is 7.11 Å². The fraction of sp³-hybridized carbons (Fsp3) is 0.167. The fourth-order valence-electron chi connectivity index (χ4n) is 0.503. The Bertz CT molecular complexity index is 239. The normalized spacial score (nSPS) is 9.50. The molecule has 0 aliphatic heterocycles. The van der Waals surface area contributed by atoms with Gasteiger partial charge in [-0.15, -0.1) is 0 Å². The zero-order valence-electron chi connectivity index (χ0n) is 5.19.